The number of aliphatic hydroxyl groups excluding tert-OH is 1. The van der Waals surface area contributed by atoms with Crippen molar-refractivity contribution in [1.29, 1.82) is 0 Å². The Bertz CT molecular complexity index is 1050. The van der Waals surface area contributed by atoms with Crippen LogP contribution in [0.4, 0.5) is 0 Å². The van der Waals surface area contributed by atoms with Gasteiger partial charge in [-0.1, -0.05) is 69.6 Å². The number of aromatic amines is 1. The molecule has 0 saturated carbocycles. The van der Waals surface area contributed by atoms with Gasteiger partial charge in [-0.2, -0.15) is 0 Å². The number of methoxy groups -OCH3 is 1. The maximum absolute atomic E-state index is 13.1. The van der Waals surface area contributed by atoms with E-state index >= 15 is 0 Å². The van der Waals surface area contributed by atoms with Crippen molar-refractivity contribution < 1.29 is 42.2 Å². The van der Waals surface area contributed by atoms with Gasteiger partial charge in [-0.25, -0.2) is 9.36 Å². The van der Waals surface area contributed by atoms with E-state index in [4.69, 9.17) is 102 Å². The highest BCUT2D eigenvalue weighted by Gasteiger charge is 2.55. The number of nitrogens with one attached hydrogen (secondary N) is 1. The quantitative estimate of drug-likeness (QED) is 0.281. The third-order valence-corrected chi connectivity index (χ3v) is 6.67. The molecule has 3 heterocycles. The first-order chi connectivity index (χ1) is 16.6. The van der Waals surface area contributed by atoms with E-state index in [1.807, 2.05) is 0 Å². The van der Waals surface area contributed by atoms with E-state index in [1.165, 1.54) is 7.11 Å². The molecular weight excluding hydrogens is 640 g/mol. The van der Waals surface area contributed by atoms with Gasteiger partial charge in [0.25, 0.3) is 12.0 Å². The zero-order chi connectivity index (χ0) is 26.9. The maximum atomic E-state index is 13.1. The summed E-state index contributed by atoms with van der Waals surface area (Å²) in [6, 6.07) is 1.01. The van der Waals surface area contributed by atoms with Crippen LogP contribution in [0, 0.1) is 0 Å². The number of halogens is 6. The second kappa shape index (κ2) is 12.2. The number of phosphoric ester groups is 1. The topological polar surface area (TPSA) is 157 Å². The van der Waals surface area contributed by atoms with E-state index < -0.39 is 84.1 Å². The summed E-state index contributed by atoms with van der Waals surface area (Å²) in [6.07, 6.45) is -4.23. The molecule has 1 aromatic rings. The van der Waals surface area contributed by atoms with Gasteiger partial charge in [0.1, 0.15) is 31.5 Å². The molecule has 2 fully saturated rings. The fourth-order valence-electron chi connectivity index (χ4n) is 3.29. The summed E-state index contributed by atoms with van der Waals surface area (Å²) in [4.78, 5) is 26.3. The van der Waals surface area contributed by atoms with E-state index in [9.17, 15) is 19.3 Å². The van der Waals surface area contributed by atoms with Crippen molar-refractivity contribution in [3.63, 3.8) is 0 Å². The molecular formula is C16H19Cl6N2O11P. The summed E-state index contributed by atoms with van der Waals surface area (Å²) in [5, 5.41) is 9.67. The predicted molar refractivity (Wildman–Crippen MR) is 128 cm³/mol. The molecule has 2 aliphatic heterocycles. The van der Waals surface area contributed by atoms with Gasteiger partial charge >= 0.3 is 13.5 Å². The fraction of sp³-hybridized carbons (Fsp3) is 0.750. The fourth-order valence-corrected chi connectivity index (χ4v) is 5.33. The number of ether oxygens (including phenoxy) is 4. The van der Waals surface area contributed by atoms with Crippen molar-refractivity contribution in [3.05, 3.63) is 32.6 Å². The molecule has 20 heteroatoms. The lowest BCUT2D eigenvalue weighted by atomic mass is 10.1. The Kier molecular flexibility index (Phi) is 10.5. The number of alkyl halides is 6. The lowest BCUT2D eigenvalue weighted by molar-refractivity contribution is -0.257. The zero-order valence-electron chi connectivity index (χ0n) is 18.0. The third-order valence-electron chi connectivity index (χ3n) is 4.66. The lowest BCUT2D eigenvalue weighted by Crippen LogP contribution is -2.39. The molecule has 0 bridgehead atoms. The van der Waals surface area contributed by atoms with Crippen molar-refractivity contribution >= 4 is 77.4 Å². The van der Waals surface area contributed by atoms with Crippen molar-refractivity contribution in [2.45, 2.75) is 45.2 Å². The minimum absolute atomic E-state index is 0.0683. The number of nitrogens with zero attached hydrogens (tertiary/aromatic N) is 1. The van der Waals surface area contributed by atoms with Gasteiger partial charge < -0.3 is 24.1 Å². The standard InChI is InChI=1S/C16H19Cl6N2O11P/c1-29-14-34-10-8(4-30-36(28,31-5-15(17,18)19)32-6-16(20,21)22)33-12(11(10)35-14)24-7(3-25)2-9(26)23-13(24)27/h2,8,10-12,14,25H,3-6H2,1H3,(H,23,26,27)/t8-,10-,11-,12-,14?/m1/s1. The highest BCUT2D eigenvalue weighted by Crippen LogP contribution is 2.53. The minimum Gasteiger partial charge on any atom is -0.390 e. The number of hydrogen-bond donors (Lipinski definition) is 2. The van der Waals surface area contributed by atoms with Gasteiger partial charge in [0.2, 0.25) is 7.59 Å². The van der Waals surface area contributed by atoms with Crippen LogP contribution in [0.1, 0.15) is 11.9 Å². The lowest BCUT2D eigenvalue weighted by Gasteiger charge is -2.25. The van der Waals surface area contributed by atoms with Crippen LogP contribution >= 0.6 is 77.4 Å². The Hall–Kier alpha value is 0.330. The van der Waals surface area contributed by atoms with E-state index in [0.29, 0.717) is 0 Å². The molecule has 206 valence electrons. The largest absolute Gasteiger partial charge is 0.475 e. The van der Waals surface area contributed by atoms with Crippen LogP contribution in [0.15, 0.2) is 15.7 Å². The summed E-state index contributed by atoms with van der Waals surface area (Å²) < 4.78 is 47.7. The van der Waals surface area contributed by atoms with Gasteiger partial charge in [0.05, 0.1) is 18.9 Å². The highest BCUT2D eigenvalue weighted by molar-refractivity contribution is 7.48. The zero-order valence-corrected chi connectivity index (χ0v) is 23.4. The van der Waals surface area contributed by atoms with E-state index in [2.05, 4.69) is 4.98 Å². The van der Waals surface area contributed by atoms with Crippen molar-refractivity contribution in [3.8, 4) is 0 Å². The van der Waals surface area contributed by atoms with Crippen molar-refractivity contribution in [2.24, 2.45) is 0 Å². The molecule has 0 aromatic carbocycles. The summed E-state index contributed by atoms with van der Waals surface area (Å²) in [6.45, 7) is -3.80. The third kappa shape index (κ3) is 8.17. The van der Waals surface area contributed by atoms with Crippen LogP contribution in [-0.4, -0.2) is 74.0 Å². The van der Waals surface area contributed by atoms with E-state index in [1.54, 1.807) is 0 Å². The summed E-state index contributed by atoms with van der Waals surface area (Å²) in [5.41, 5.74) is -1.68. The molecule has 1 aromatic heterocycles. The Morgan fingerprint density at radius 2 is 1.61 bits per heavy atom. The molecule has 5 atom stereocenters. The van der Waals surface area contributed by atoms with Crippen LogP contribution < -0.4 is 11.2 Å². The summed E-state index contributed by atoms with van der Waals surface area (Å²) in [5.74, 6) is 0. The molecule has 2 aliphatic rings. The number of rotatable bonds is 10. The Morgan fingerprint density at radius 1 is 1.03 bits per heavy atom. The van der Waals surface area contributed by atoms with Crippen LogP contribution in [0.25, 0.3) is 0 Å². The molecule has 0 amide bonds. The summed E-state index contributed by atoms with van der Waals surface area (Å²) >= 11 is 33.9. The van der Waals surface area contributed by atoms with Crippen molar-refractivity contribution in [1.82, 2.24) is 9.55 Å². The van der Waals surface area contributed by atoms with Gasteiger partial charge in [0.15, 0.2) is 6.23 Å². The average Bonchev–Trinajstić information content (AvgIpc) is 3.33. The number of aromatic nitrogens is 2. The van der Waals surface area contributed by atoms with Gasteiger partial charge in [-0.05, 0) is 0 Å². The van der Waals surface area contributed by atoms with Crippen LogP contribution in [0.5, 0.6) is 0 Å². The monoisotopic (exact) mass is 656 g/mol. The number of aliphatic hydroxyl groups is 1. The smallest absolute Gasteiger partial charge is 0.390 e. The molecule has 0 aliphatic carbocycles. The SMILES string of the molecule is COC1O[C@@H]2[C@H](O1)[C@@H](COP(=O)(OCC(Cl)(Cl)Cl)OCC(Cl)(Cl)Cl)O[C@H]2n1c(CO)cc(=O)[nH]c1=O. The highest BCUT2D eigenvalue weighted by atomic mass is 35.6. The van der Waals surface area contributed by atoms with Crippen LogP contribution in [0.2, 0.25) is 0 Å². The normalized spacial score (nSPS) is 26.9. The number of H-pyrrole nitrogens is 1. The predicted octanol–water partition coefficient (Wildman–Crippen LogP) is 2.54. The Balaban J connectivity index is 1.84. The summed E-state index contributed by atoms with van der Waals surface area (Å²) in [7, 11) is -3.21. The van der Waals surface area contributed by atoms with Gasteiger partial charge in [-0.15, -0.1) is 0 Å². The second-order valence-electron chi connectivity index (χ2n) is 7.27. The molecule has 3 rings (SSSR count). The van der Waals surface area contributed by atoms with Crippen molar-refractivity contribution in [2.75, 3.05) is 26.9 Å². The molecule has 13 nitrogen and oxygen atoms in total. The first kappa shape index (κ1) is 30.9. The number of hydrogen-bond acceptors (Lipinski definition) is 11. The molecule has 2 saturated heterocycles. The minimum atomic E-state index is -4.52. The van der Waals surface area contributed by atoms with Gasteiger partial charge in [-0.3, -0.25) is 27.9 Å². The molecule has 36 heavy (non-hydrogen) atoms. The molecule has 2 N–H and O–H groups in total. The van der Waals surface area contributed by atoms with Gasteiger partial charge in [0, 0.05) is 13.2 Å². The first-order valence-corrected chi connectivity index (χ1v) is 13.5. The average molecular weight is 659 g/mol. The molecule has 0 radical (unpaired) electrons. The van der Waals surface area contributed by atoms with E-state index in [-0.39, 0.29) is 5.69 Å². The number of phosphoric acid groups is 1. The number of fused-ring (bicyclic) bond motifs is 1. The Labute approximate surface area is 233 Å². The van der Waals surface area contributed by atoms with Crippen LogP contribution in [0.3, 0.4) is 0 Å². The Morgan fingerprint density at radius 3 is 2.14 bits per heavy atom. The van der Waals surface area contributed by atoms with Crippen LogP contribution in [-0.2, 0) is 43.7 Å². The molecule has 0 spiro atoms. The first-order valence-electron chi connectivity index (χ1n) is 9.76. The second-order valence-corrected chi connectivity index (χ2v) is 14.0. The molecule has 1 unspecified atom stereocenters. The van der Waals surface area contributed by atoms with E-state index in [0.717, 1.165) is 10.6 Å². The maximum Gasteiger partial charge on any atom is 0.475 e.